The summed E-state index contributed by atoms with van der Waals surface area (Å²) >= 11 is 2.79. The number of phenols is 1. The van der Waals surface area contributed by atoms with E-state index in [1.54, 1.807) is 36.4 Å². The van der Waals surface area contributed by atoms with E-state index in [9.17, 15) is 18.3 Å². The van der Waals surface area contributed by atoms with Gasteiger partial charge in [0.25, 0.3) is 10.0 Å². The maximum absolute atomic E-state index is 13.3. The molecule has 174 valence electrons. The summed E-state index contributed by atoms with van der Waals surface area (Å²) in [6.07, 6.45) is 0.143. The Morgan fingerprint density at radius 3 is 2.60 bits per heavy atom. The van der Waals surface area contributed by atoms with E-state index in [4.69, 9.17) is 0 Å². The summed E-state index contributed by atoms with van der Waals surface area (Å²) in [5.41, 5.74) is 2.47. The van der Waals surface area contributed by atoms with Crippen molar-refractivity contribution >= 4 is 71.4 Å². The van der Waals surface area contributed by atoms with Crippen LogP contribution in [0.15, 0.2) is 86.9 Å². The molecule has 0 radical (unpaired) electrons. The summed E-state index contributed by atoms with van der Waals surface area (Å²) in [5.74, 6) is -0.0986. The number of rotatable bonds is 5. The van der Waals surface area contributed by atoms with Crippen LogP contribution in [0.1, 0.15) is 5.56 Å². The first kappa shape index (κ1) is 21.9. The number of carbonyl (C=O) groups excluding carboxylic acids is 1. The second-order valence-corrected chi connectivity index (χ2v) is 12.0. The first-order valence-corrected chi connectivity index (χ1v) is 13.7. The molecule has 5 aromatic rings. The molecule has 7 nitrogen and oxygen atoms in total. The minimum atomic E-state index is -3.96. The number of nitrogens with zero attached hydrogens (tertiary/aromatic N) is 1. The van der Waals surface area contributed by atoms with Crippen LogP contribution in [-0.4, -0.2) is 24.4 Å². The number of nitrogens with one attached hydrogen (secondary N) is 2. The molecule has 35 heavy (non-hydrogen) atoms. The van der Waals surface area contributed by atoms with Gasteiger partial charge < -0.3 is 10.4 Å². The van der Waals surface area contributed by atoms with Crippen LogP contribution < -0.4 is 10.0 Å². The van der Waals surface area contributed by atoms with Gasteiger partial charge >= 0.3 is 0 Å². The quantitative estimate of drug-likeness (QED) is 0.261. The van der Waals surface area contributed by atoms with Gasteiger partial charge in [-0.1, -0.05) is 48.2 Å². The number of amides is 1. The highest BCUT2D eigenvalue weighted by Gasteiger charge is 2.23. The maximum atomic E-state index is 13.3. The lowest BCUT2D eigenvalue weighted by Crippen LogP contribution is -2.13. The van der Waals surface area contributed by atoms with Crippen LogP contribution >= 0.6 is 23.1 Å². The molecule has 0 saturated heterocycles. The molecule has 1 amide bonds. The van der Waals surface area contributed by atoms with E-state index >= 15 is 0 Å². The lowest BCUT2D eigenvalue weighted by Gasteiger charge is -2.15. The van der Waals surface area contributed by atoms with Gasteiger partial charge in [0, 0.05) is 16.5 Å². The molecule has 0 atom stereocenters. The van der Waals surface area contributed by atoms with Gasteiger partial charge in [-0.15, -0.1) is 11.3 Å². The molecule has 4 aromatic carbocycles. The highest BCUT2D eigenvalue weighted by Crippen LogP contribution is 2.44. The number of aromatic nitrogens is 1. The molecule has 0 bridgehead atoms. The number of hydrogen-bond donors (Lipinski definition) is 3. The van der Waals surface area contributed by atoms with Crippen LogP contribution in [0.3, 0.4) is 0 Å². The van der Waals surface area contributed by atoms with Gasteiger partial charge in [0.05, 0.1) is 32.1 Å². The summed E-state index contributed by atoms with van der Waals surface area (Å²) in [6, 6.07) is 21.0. The Labute approximate surface area is 208 Å². The topological polar surface area (TPSA) is 108 Å². The molecule has 10 heteroatoms. The minimum Gasteiger partial charge on any atom is -0.506 e. The van der Waals surface area contributed by atoms with Crippen molar-refractivity contribution in [1.82, 2.24) is 4.98 Å². The number of benzene rings is 4. The average Bonchev–Trinajstić information content (AvgIpc) is 3.43. The largest absolute Gasteiger partial charge is 0.506 e. The van der Waals surface area contributed by atoms with E-state index in [0.29, 0.717) is 32.6 Å². The molecule has 6 rings (SSSR count). The van der Waals surface area contributed by atoms with E-state index in [-0.39, 0.29) is 23.0 Å². The van der Waals surface area contributed by atoms with Crippen molar-refractivity contribution in [3.8, 4) is 5.75 Å². The zero-order chi connectivity index (χ0) is 24.2. The van der Waals surface area contributed by atoms with Crippen molar-refractivity contribution in [2.75, 3.05) is 10.0 Å². The van der Waals surface area contributed by atoms with Crippen molar-refractivity contribution in [1.29, 1.82) is 0 Å². The van der Waals surface area contributed by atoms with Gasteiger partial charge in [-0.25, -0.2) is 13.4 Å². The molecule has 2 heterocycles. The number of anilines is 2. The van der Waals surface area contributed by atoms with Gasteiger partial charge in [-0.3, -0.25) is 9.52 Å². The fourth-order valence-corrected chi connectivity index (χ4v) is 7.30. The van der Waals surface area contributed by atoms with Crippen molar-refractivity contribution in [2.45, 2.75) is 20.6 Å². The Hall–Kier alpha value is -3.60. The summed E-state index contributed by atoms with van der Waals surface area (Å²) in [4.78, 5) is 16.8. The lowest BCUT2D eigenvalue weighted by atomic mass is 10.1. The Kier molecular flexibility index (Phi) is 5.17. The molecule has 1 aliphatic heterocycles. The molecular formula is C25H17N3O4S3. The van der Waals surface area contributed by atoms with Gasteiger partial charge in [0.15, 0.2) is 4.34 Å². The molecule has 0 aliphatic carbocycles. The average molecular weight is 520 g/mol. The number of fused-ring (bicyclic) bond motifs is 3. The molecule has 0 fully saturated rings. The molecule has 1 aliphatic rings. The van der Waals surface area contributed by atoms with Crippen molar-refractivity contribution < 1.29 is 18.3 Å². The second kappa shape index (κ2) is 8.26. The maximum Gasteiger partial charge on any atom is 0.261 e. The fraction of sp³-hybridized carbons (Fsp3) is 0.0400. The SMILES string of the molecule is O=C1Cc2cc(S(=O)(=O)Nc3cc(Sc4nc5ccccc5s4)c(O)c4ccccc34)ccc2N1. The Morgan fingerprint density at radius 1 is 1.00 bits per heavy atom. The van der Waals surface area contributed by atoms with Crippen molar-refractivity contribution in [2.24, 2.45) is 0 Å². The van der Waals surface area contributed by atoms with Gasteiger partial charge in [-0.2, -0.15) is 0 Å². The summed E-state index contributed by atoms with van der Waals surface area (Å²) in [7, 11) is -3.96. The summed E-state index contributed by atoms with van der Waals surface area (Å²) in [5, 5.41) is 14.8. The lowest BCUT2D eigenvalue weighted by molar-refractivity contribution is -0.115. The highest BCUT2D eigenvalue weighted by molar-refractivity contribution is 8.01. The molecule has 3 N–H and O–H groups in total. The van der Waals surface area contributed by atoms with Gasteiger partial charge in [-0.05, 0) is 42.0 Å². The fourth-order valence-electron chi connectivity index (χ4n) is 4.06. The van der Waals surface area contributed by atoms with Crippen molar-refractivity contribution in [3.63, 3.8) is 0 Å². The highest BCUT2D eigenvalue weighted by atomic mass is 32.2. The number of sulfonamides is 1. The number of aromatic hydroxyl groups is 1. The zero-order valence-corrected chi connectivity index (χ0v) is 20.4. The number of phenolic OH excluding ortho intramolecular Hbond substituents is 1. The van der Waals surface area contributed by atoms with E-state index in [2.05, 4.69) is 15.0 Å². The molecule has 1 aromatic heterocycles. The Bertz CT molecular complexity index is 1730. The van der Waals surface area contributed by atoms with E-state index in [1.165, 1.54) is 35.2 Å². The van der Waals surface area contributed by atoms with Crippen LogP contribution in [0.2, 0.25) is 0 Å². The second-order valence-electron chi connectivity index (χ2n) is 8.02. The predicted molar refractivity (Wildman–Crippen MR) is 139 cm³/mol. The van der Waals surface area contributed by atoms with Gasteiger partial charge in [0.1, 0.15) is 5.75 Å². The number of carbonyl (C=O) groups is 1. The number of thiazole rings is 1. The van der Waals surface area contributed by atoms with E-state index in [1.807, 2.05) is 24.3 Å². The third kappa shape index (κ3) is 3.99. The standard InChI is InChI=1S/C25H17N3O4S3/c29-23-12-14-11-15(9-10-18(14)26-23)35(31,32)28-20-13-22(24(30)17-6-2-1-5-16(17)20)34-25-27-19-7-3-4-8-21(19)33-25/h1-11,13,28,30H,12H2,(H,26,29). The van der Waals surface area contributed by atoms with Crippen LogP contribution in [-0.2, 0) is 21.2 Å². The van der Waals surface area contributed by atoms with Crippen molar-refractivity contribution in [3.05, 3.63) is 78.4 Å². The van der Waals surface area contributed by atoms with Crippen LogP contribution in [0.25, 0.3) is 21.0 Å². The van der Waals surface area contributed by atoms with Crippen LogP contribution in [0.5, 0.6) is 5.75 Å². The van der Waals surface area contributed by atoms with E-state index < -0.39 is 10.0 Å². The molecule has 0 saturated carbocycles. The van der Waals surface area contributed by atoms with Crippen LogP contribution in [0.4, 0.5) is 11.4 Å². The van der Waals surface area contributed by atoms with E-state index in [0.717, 1.165) is 14.6 Å². The zero-order valence-electron chi connectivity index (χ0n) is 18.0. The summed E-state index contributed by atoms with van der Waals surface area (Å²) in [6.45, 7) is 0. The number of para-hydroxylation sites is 1. The first-order valence-electron chi connectivity index (χ1n) is 10.6. The smallest absolute Gasteiger partial charge is 0.261 e. The third-order valence-corrected chi connectivity index (χ3v) is 9.20. The number of hydrogen-bond acceptors (Lipinski definition) is 7. The molecule has 0 spiro atoms. The third-order valence-electron chi connectivity index (χ3n) is 5.71. The molecule has 0 unspecified atom stereocenters. The predicted octanol–water partition coefficient (Wildman–Crippen LogP) is 5.60. The summed E-state index contributed by atoms with van der Waals surface area (Å²) < 4.78 is 31.1. The van der Waals surface area contributed by atoms with Gasteiger partial charge in [0.2, 0.25) is 5.91 Å². The Morgan fingerprint density at radius 2 is 1.77 bits per heavy atom. The monoisotopic (exact) mass is 519 g/mol. The normalized spacial score (nSPS) is 13.2. The van der Waals surface area contributed by atoms with Crippen LogP contribution in [0, 0.1) is 0 Å². The molecular weight excluding hydrogens is 502 g/mol. The minimum absolute atomic E-state index is 0.0604. The Balaban J connectivity index is 1.41. The first-order chi connectivity index (χ1) is 16.9.